The van der Waals surface area contributed by atoms with Gasteiger partial charge < -0.3 is 0 Å². The Morgan fingerprint density at radius 3 is 2.44 bits per heavy atom. The second-order valence-corrected chi connectivity index (χ2v) is 3.56. The molecule has 0 aliphatic rings. The van der Waals surface area contributed by atoms with E-state index in [1.165, 1.54) is 11.0 Å². The molecule has 0 aliphatic carbocycles. The predicted octanol–water partition coefficient (Wildman–Crippen LogP) is 2.34. The Morgan fingerprint density at radius 1 is 1.11 bits per heavy atom. The van der Waals surface area contributed by atoms with Gasteiger partial charge in [0.1, 0.15) is 0 Å². The molecule has 0 saturated heterocycles. The van der Waals surface area contributed by atoms with Crippen LogP contribution in [0.4, 0.5) is 14.6 Å². The van der Waals surface area contributed by atoms with Crippen molar-refractivity contribution in [1.29, 1.82) is 5.26 Å². The SMILES string of the molecule is CN(C#N)c1ccc(-c2ccc(F)c(F)c2)nn1. The van der Waals surface area contributed by atoms with E-state index in [4.69, 9.17) is 5.26 Å². The van der Waals surface area contributed by atoms with E-state index in [2.05, 4.69) is 10.2 Å². The third-order valence-corrected chi connectivity index (χ3v) is 2.36. The zero-order chi connectivity index (χ0) is 13.1. The zero-order valence-electron chi connectivity index (χ0n) is 9.43. The molecule has 0 spiro atoms. The van der Waals surface area contributed by atoms with Crippen LogP contribution in [-0.2, 0) is 0 Å². The summed E-state index contributed by atoms with van der Waals surface area (Å²) < 4.78 is 25.8. The molecule has 1 heterocycles. The van der Waals surface area contributed by atoms with Crippen molar-refractivity contribution in [3.05, 3.63) is 42.0 Å². The molecule has 1 aromatic heterocycles. The Kier molecular flexibility index (Phi) is 3.15. The van der Waals surface area contributed by atoms with Gasteiger partial charge in [-0.2, -0.15) is 5.26 Å². The van der Waals surface area contributed by atoms with E-state index < -0.39 is 11.6 Å². The highest BCUT2D eigenvalue weighted by Gasteiger charge is 2.07. The van der Waals surface area contributed by atoms with Gasteiger partial charge in [-0.3, -0.25) is 4.90 Å². The molecular formula is C12H8F2N4. The summed E-state index contributed by atoms with van der Waals surface area (Å²) in [4.78, 5) is 1.24. The lowest BCUT2D eigenvalue weighted by molar-refractivity contribution is 0.509. The Morgan fingerprint density at radius 2 is 1.89 bits per heavy atom. The van der Waals surface area contributed by atoms with Crippen LogP contribution in [0.1, 0.15) is 0 Å². The summed E-state index contributed by atoms with van der Waals surface area (Å²) in [5, 5.41) is 16.3. The average Bonchev–Trinajstić information content (AvgIpc) is 2.41. The monoisotopic (exact) mass is 246 g/mol. The van der Waals surface area contributed by atoms with E-state index >= 15 is 0 Å². The zero-order valence-corrected chi connectivity index (χ0v) is 9.43. The molecule has 4 nitrogen and oxygen atoms in total. The van der Waals surface area contributed by atoms with Crippen molar-refractivity contribution in [3.63, 3.8) is 0 Å². The first-order chi connectivity index (χ1) is 8.61. The molecule has 90 valence electrons. The minimum Gasteiger partial charge on any atom is -0.265 e. The number of anilines is 1. The van der Waals surface area contributed by atoms with E-state index in [9.17, 15) is 8.78 Å². The fourth-order valence-electron chi connectivity index (χ4n) is 1.36. The Balaban J connectivity index is 2.35. The van der Waals surface area contributed by atoms with E-state index in [0.29, 0.717) is 17.1 Å². The van der Waals surface area contributed by atoms with Crippen molar-refractivity contribution in [2.75, 3.05) is 11.9 Å². The Bertz CT molecular complexity index is 604. The summed E-state index contributed by atoms with van der Waals surface area (Å²) in [6.45, 7) is 0. The topological polar surface area (TPSA) is 52.8 Å². The number of rotatable bonds is 2. The van der Waals surface area contributed by atoms with Gasteiger partial charge in [0.2, 0.25) is 0 Å². The van der Waals surface area contributed by atoms with Crippen molar-refractivity contribution in [3.8, 4) is 17.5 Å². The van der Waals surface area contributed by atoms with Crippen molar-refractivity contribution in [2.24, 2.45) is 0 Å². The standard InChI is InChI=1S/C12H8F2N4/c1-18(7-15)12-5-4-11(16-17-12)8-2-3-9(13)10(14)6-8/h2-6H,1H3. The van der Waals surface area contributed by atoms with E-state index in [1.807, 2.05) is 6.19 Å². The van der Waals surface area contributed by atoms with Gasteiger partial charge >= 0.3 is 0 Å². The molecule has 0 unspecified atom stereocenters. The number of hydrogen-bond acceptors (Lipinski definition) is 4. The van der Waals surface area contributed by atoms with Gasteiger partial charge in [-0.15, -0.1) is 10.2 Å². The molecule has 0 radical (unpaired) electrons. The predicted molar refractivity (Wildman–Crippen MR) is 61.4 cm³/mol. The lowest BCUT2D eigenvalue weighted by atomic mass is 10.1. The fraction of sp³-hybridized carbons (Fsp3) is 0.0833. The summed E-state index contributed by atoms with van der Waals surface area (Å²) in [6.07, 6.45) is 1.88. The highest BCUT2D eigenvalue weighted by Crippen LogP contribution is 2.20. The highest BCUT2D eigenvalue weighted by atomic mass is 19.2. The van der Waals surface area contributed by atoms with Crippen LogP contribution in [0.15, 0.2) is 30.3 Å². The number of hydrogen-bond donors (Lipinski definition) is 0. The first-order valence-corrected chi connectivity index (χ1v) is 5.04. The molecule has 0 saturated carbocycles. The summed E-state index contributed by atoms with van der Waals surface area (Å²) in [6, 6.07) is 6.65. The van der Waals surface area contributed by atoms with Crippen molar-refractivity contribution < 1.29 is 8.78 Å². The maximum Gasteiger partial charge on any atom is 0.185 e. The van der Waals surface area contributed by atoms with Crippen LogP contribution in [0.2, 0.25) is 0 Å². The molecule has 0 fully saturated rings. The van der Waals surface area contributed by atoms with Gasteiger partial charge in [-0.05, 0) is 30.3 Å². The van der Waals surface area contributed by atoms with E-state index in [-0.39, 0.29) is 0 Å². The second kappa shape index (κ2) is 4.75. The van der Waals surface area contributed by atoms with Crippen LogP contribution in [0.25, 0.3) is 11.3 Å². The van der Waals surface area contributed by atoms with Gasteiger partial charge in [0, 0.05) is 12.6 Å². The number of nitriles is 1. The maximum atomic E-state index is 13.1. The van der Waals surface area contributed by atoms with Crippen LogP contribution in [0.3, 0.4) is 0 Å². The normalized spacial score (nSPS) is 9.89. The number of nitrogens with zero attached hydrogens (tertiary/aromatic N) is 4. The molecule has 2 aromatic rings. The number of benzene rings is 1. The molecular weight excluding hydrogens is 238 g/mol. The third kappa shape index (κ3) is 2.25. The lowest BCUT2D eigenvalue weighted by Gasteiger charge is -2.07. The molecule has 0 atom stereocenters. The fourth-order valence-corrected chi connectivity index (χ4v) is 1.36. The minimum absolute atomic E-state index is 0.379. The summed E-state index contributed by atoms with van der Waals surface area (Å²) in [7, 11) is 1.54. The summed E-state index contributed by atoms with van der Waals surface area (Å²) in [5.74, 6) is -1.47. The van der Waals surface area contributed by atoms with Crippen LogP contribution in [0, 0.1) is 23.1 Å². The molecule has 18 heavy (non-hydrogen) atoms. The second-order valence-electron chi connectivity index (χ2n) is 3.56. The summed E-state index contributed by atoms with van der Waals surface area (Å²) in [5.41, 5.74) is 0.830. The maximum absolute atomic E-state index is 13.1. The van der Waals surface area contributed by atoms with Crippen LogP contribution < -0.4 is 4.90 Å². The third-order valence-electron chi connectivity index (χ3n) is 2.36. The van der Waals surface area contributed by atoms with Gasteiger partial charge in [-0.1, -0.05) is 0 Å². The smallest absolute Gasteiger partial charge is 0.185 e. The number of aromatic nitrogens is 2. The first-order valence-electron chi connectivity index (χ1n) is 5.04. The molecule has 0 amide bonds. The summed E-state index contributed by atoms with van der Waals surface area (Å²) >= 11 is 0. The van der Waals surface area contributed by atoms with Crippen LogP contribution in [-0.4, -0.2) is 17.2 Å². The number of halogens is 2. The lowest BCUT2D eigenvalue weighted by Crippen LogP contribution is -2.10. The Labute approximate surface area is 102 Å². The van der Waals surface area contributed by atoms with Crippen molar-refractivity contribution in [2.45, 2.75) is 0 Å². The van der Waals surface area contributed by atoms with Gasteiger partial charge in [0.05, 0.1) is 5.69 Å². The molecule has 0 aliphatic heterocycles. The average molecular weight is 246 g/mol. The van der Waals surface area contributed by atoms with Crippen molar-refractivity contribution in [1.82, 2.24) is 10.2 Å². The van der Waals surface area contributed by atoms with Crippen molar-refractivity contribution >= 4 is 5.82 Å². The molecule has 0 bridgehead atoms. The Hall–Kier alpha value is -2.55. The highest BCUT2D eigenvalue weighted by molar-refractivity contribution is 5.60. The van der Waals surface area contributed by atoms with Gasteiger partial charge in [0.15, 0.2) is 23.6 Å². The van der Waals surface area contributed by atoms with E-state index in [1.54, 1.807) is 19.2 Å². The largest absolute Gasteiger partial charge is 0.265 e. The van der Waals surface area contributed by atoms with Gasteiger partial charge in [0.25, 0.3) is 0 Å². The van der Waals surface area contributed by atoms with Crippen LogP contribution in [0.5, 0.6) is 0 Å². The molecule has 0 N–H and O–H groups in total. The molecule has 2 rings (SSSR count). The first kappa shape index (κ1) is 11.9. The molecule has 1 aromatic carbocycles. The van der Waals surface area contributed by atoms with Gasteiger partial charge in [-0.25, -0.2) is 8.78 Å². The minimum atomic E-state index is -0.937. The van der Waals surface area contributed by atoms with E-state index in [0.717, 1.165) is 12.1 Å². The van der Waals surface area contributed by atoms with Crippen LogP contribution >= 0.6 is 0 Å². The molecule has 6 heteroatoms. The quantitative estimate of drug-likeness (QED) is 0.602.